The molecule has 168 valence electrons. The van der Waals surface area contributed by atoms with E-state index in [0.29, 0.717) is 51.2 Å². The Morgan fingerprint density at radius 1 is 1.09 bits per heavy atom. The molecule has 0 saturated carbocycles. The number of thioether (sulfide) groups is 1. The Labute approximate surface area is 198 Å². The van der Waals surface area contributed by atoms with Crippen LogP contribution in [0.25, 0.3) is 33.5 Å². The molecular weight excluding hydrogens is 460 g/mol. The Morgan fingerprint density at radius 3 is 2.67 bits per heavy atom. The van der Waals surface area contributed by atoms with Crippen LogP contribution in [0.5, 0.6) is 0 Å². The molecule has 9 heteroatoms. The van der Waals surface area contributed by atoms with E-state index in [4.69, 9.17) is 25.5 Å². The zero-order valence-corrected chi connectivity index (χ0v) is 19.7. The van der Waals surface area contributed by atoms with E-state index in [2.05, 4.69) is 24.0 Å². The van der Waals surface area contributed by atoms with Crippen molar-refractivity contribution >= 4 is 45.4 Å². The number of rotatable bonds is 7. The minimum absolute atomic E-state index is 0.174. The van der Waals surface area contributed by atoms with Crippen molar-refractivity contribution in [3.8, 4) is 11.4 Å². The van der Waals surface area contributed by atoms with Crippen molar-refractivity contribution in [1.29, 1.82) is 0 Å². The number of aromatic nitrogens is 4. The highest BCUT2D eigenvalue weighted by Gasteiger charge is 2.19. The van der Waals surface area contributed by atoms with E-state index in [1.54, 1.807) is 16.7 Å². The van der Waals surface area contributed by atoms with Gasteiger partial charge in [-0.1, -0.05) is 54.5 Å². The number of furan rings is 1. The van der Waals surface area contributed by atoms with Crippen LogP contribution in [0.2, 0.25) is 5.02 Å². The number of nitrogens with zero attached hydrogens (tertiary/aromatic N) is 4. The van der Waals surface area contributed by atoms with E-state index >= 15 is 0 Å². The topological polar surface area (TPSA) is 86.9 Å². The van der Waals surface area contributed by atoms with Crippen LogP contribution in [-0.2, 0) is 12.3 Å². The van der Waals surface area contributed by atoms with Gasteiger partial charge in [0.05, 0.1) is 5.75 Å². The van der Waals surface area contributed by atoms with Crippen LogP contribution in [0.15, 0.2) is 67.4 Å². The molecule has 0 N–H and O–H groups in total. The largest absolute Gasteiger partial charge is 0.448 e. The van der Waals surface area contributed by atoms with Gasteiger partial charge < -0.3 is 8.94 Å². The highest BCUT2D eigenvalue weighted by molar-refractivity contribution is 7.98. The number of benzene rings is 2. The lowest BCUT2D eigenvalue weighted by Crippen LogP contribution is -2.23. The average molecular weight is 481 g/mol. The average Bonchev–Trinajstić information content (AvgIpc) is 3.43. The first kappa shape index (κ1) is 21.7. The molecule has 7 nitrogen and oxygen atoms in total. The van der Waals surface area contributed by atoms with Crippen LogP contribution >= 0.6 is 23.4 Å². The lowest BCUT2D eigenvalue weighted by Gasteiger charge is -2.12. The summed E-state index contributed by atoms with van der Waals surface area (Å²) in [5, 5.41) is 6.14. The summed E-state index contributed by atoms with van der Waals surface area (Å²) in [7, 11) is 0. The molecule has 0 unspecified atom stereocenters. The third kappa shape index (κ3) is 4.41. The SMILES string of the molecule is CC(C)CCn1c(SCc2nc(-c3ccc(Cl)cc3)no2)nc2c(oc3ccccc32)c1=O. The second kappa shape index (κ2) is 9.03. The lowest BCUT2D eigenvalue weighted by molar-refractivity contribution is 0.391. The first-order valence-electron chi connectivity index (χ1n) is 10.6. The maximum atomic E-state index is 13.3. The molecule has 33 heavy (non-hydrogen) atoms. The van der Waals surface area contributed by atoms with Crippen LogP contribution in [-0.4, -0.2) is 19.7 Å². The third-order valence-corrected chi connectivity index (χ3v) is 6.49. The van der Waals surface area contributed by atoms with Crippen LogP contribution in [0.1, 0.15) is 26.2 Å². The number of fused-ring (bicyclic) bond motifs is 3. The summed E-state index contributed by atoms with van der Waals surface area (Å²) < 4.78 is 13.0. The summed E-state index contributed by atoms with van der Waals surface area (Å²) in [6.45, 7) is 4.81. The molecule has 5 aromatic rings. The summed E-state index contributed by atoms with van der Waals surface area (Å²) in [5.41, 5.74) is 2.15. The summed E-state index contributed by atoms with van der Waals surface area (Å²) >= 11 is 7.35. The van der Waals surface area contributed by atoms with Gasteiger partial charge >= 0.3 is 0 Å². The summed E-state index contributed by atoms with van der Waals surface area (Å²) in [6.07, 6.45) is 0.849. The summed E-state index contributed by atoms with van der Waals surface area (Å²) in [6, 6.07) is 14.8. The van der Waals surface area contributed by atoms with Gasteiger partial charge in [-0.25, -0.2) is 4.98 Å². The first-order valence-corrected chi connectivity index (χ1v) is 12.0. The molecule has 0 aliphatic rings. The number of hydrogen-bond donors (Lipinski definition) is 0. The van der Waals surface area contributed by atoms with Gasteiger partial charge in [0.1, 0.15) is 11.1 Å². The van der Waals surface area contributed by atoms with Crippen molar-refractivity contribution in [2.24, 2.45) is 5.92 Å². The van der Waals surface area contributed by atoms with Crippen molar-refractivity contribution in [3.05, 3.63) is 69.8 Å². The second-order valence-corrected chi connectivity index (χ2v) is 9.50. The standard InChI is InChI=1S/C24H21ClN4O3S/c1-14(2)11-12-29-23(30)21-20(17-5-3-4-6-18(17)31-21)27-24(29)33-13-19-26-22(28-32-19)15-7-9-16(25)10-8-15/h3-10,14H,11-13H2,1-2H3. The Hall–Kier alpha value is -3.10. The molecule has 0 radical (unpaired) electrons. The van der Waals surface area contributed by atoms with Gasteiger partial charge in [-0.2, -0.15) is 4.98 Å². The van der Waals surface area contributed by atoms with Crippen LogP contribution in [0.4, 0.5) is 0 Å². The zero-order chi connectivity index (χ0) is 22.9. The Morgan fingerprint density at radius 2 is 1.88 bits per heavy atom. The predicted octanol–water partition coefficient (Wildman–Crippen LogP) is 6.18. The maximum absolute atomic E-state index is 13.3. The Bertz CT molecular complexity index is 1490. The highest BCUT2D eigenvalue weighted by atomic mass is 35.5. The molecule has 0 fully saturated rings. The second-order valence-electron chi connectivity index (χ2n) is 8.12. The molecule has 0 bridgehead atoms. The first-order chi connectivity index (χ1) is 16.0. The van der Waals surface area contributed by atoms with E-state index in [-0.39, 0.29) is 11.1 Å². The summed E-state index contributed by atoms with van der Waals surface area (Å²) in [5.74, 6) is 1.77. The molecule has 0 spiro atoms. The normalized spacial score (nSPS) is 11.8. The molecule has 0 atom stereocenters. The fourth-order valence-electron chi connectivity index (χ4n) is 3.50. The molecule has 5 rings (SSSR count). The van der Waals surface area contributed by atoms with Gasteiger partial charge in [0.15, 0.2) is 5.16 Å². The fraction of sp³-hybridized carbons (Fsp3) is 0.250. The Balaban J connectivity index is 1.48. The van der Waals surface area contributed by atoms with Gasteiger partial charge in [0.25, 0.3) is 5.56 Å². The highest BCUT2D eigenvalue weighted by Crippen LogP contribution is 2.29. The number of hydrogen-bond acceptors (Lipinski definition) is 7. The van der Waals surface area contributed by atoms with E-state index in [0.717, 1.165) is 17.4 Å². The van der Waals surface area contributed by atoms with Crippen LogP contribution in [0.3, 0.4) is 0 Å². The van der Waals surface area contributed by atoms with Crippen molar-refractivity contribution < 1.29 is 8.94 Å². The quantitative estimate of drug-likeness (QED) is 0.203. The smallest absolute Gasteiger partial charge is 0.297 e. The number of halogens is 1. The van der Waals surface area contributed by atoms with Gasteiger partial charge in [-0.3, -0.25) is 9.36 Å². The molecule has 0 amide bonds. The van der Waals surface area contributed by atoms with Gasteiger partial charge in [-0.15, -0.1) is 0 Å². The molecular formula is C24H21ClN4O3S. The fourth-order valence-corrected chi connectivity index (χ4v) is 4.49. The van der Waals surface area contributed by atoms with Gasteiger partial charge in [-0.05, 0) is 48.7 Å². The monoisotopic (exact) mass is 480 g/mol. The predicted molar refractivity (Wildman–Crippen MR) is 130 cm³/mol. The summed E-state index contributed by atoms with van der Waals surface area (Å²) in [4.78, 5) is 22.6. The van der Waals surface area contributed by atoms with E-state index in [9.17, 15) is 4.79 Å². The minimum Gasteiger partial charge on any atom is -0.448 e. The van der Waals surface area contributed by atoms with Crippen LogP contribution < -0.4 is 5.56 Å². The van der Waals surface area contributed by atoms with E-state index in [1.807, 2.05) is 36.4 Å². The van der Waals surface area contributed by atoms with Gasteiger partial charge in [0.2, 0.25) is 17.3 Å². The van der Waals surface area contributed by atoms with Gasteiger partial charge in [0, 0.05) is 22.5 Å². The van der Waals surface area contributed by atoms with E-state index < -0.39 is 0 Å². The molecule has 0 aliphatic carbocycles. The molecule has 3 heterocycles. The third-order valence-electron chi connectivity index (χ3n) is 5.27. The minimum atomic E-state index is -0.174. The maximum Gasteiger partial charge on any atom is 0.297 e. The molecule has 3 aromatic heterocycles. The van der Waals surface area contributed by atoms with Crippen LogP contribution in [0, 0.1) is 5.92 Å². The lowest BCUT2D eigenvalue weighted by atomic mass is 10.1. The molecule has 0 aliphatic heterocycles. The zero-order valence-electron chi connectivity index (χ0n) is 18.1. The molecule has 2 aromatic carbocycles. The van der Waals surface area contributed by atoms with Crippen molar-refractivity contribution in [2.75, 3.05) is 0 Å². The van der Waals surface area contributed by atoms with Crippen molar-refractivity contribution in [3.63, 3.8) is 0 Å². The molecule has 0 saturated heterocycles. The van der Waals surface area contributed by atoms with Crippen molar-refractivity contribution in [1.82, 2.24) is 19.7 Å². The van der Waals surface area contributed by atoms with E-state index in [1.165, 1.54) is 11.8 Å². The van der Waals surface area contributed by atoms with Crippen molar-refractivity contribution in [2.45, 2.75) is 37.7 Å². The number of para-hydroxylation sites is 1. The Kier molecular flexibility index (Phi) is 5.95.